The molecule has 3 aromatic heterocycles. The molecule has 0 amide bonds. The molecule has 290 valence electrons. The molecular weight excluding hydrogens is 755 g/mol. The van der Waals surface area contributed by atoms with Gasteiger partial charge in [-0.25, -0.2) is 4.98 Å². The van der Waals surface area contributed by atoms with Gasteiger partial charge in [0.1, 0.15) is 0 Å². The lowest BCUT2D eigenvalue weighted by Crippen LogP contribution is -2.07. The Labute approximate surface area is 358 Å². The smallest absolute Gasteiger partial charge is 0.238 e. The molecule has 0 atom stereocenters. The zero-order chi connectivity index (χ0) is 41.0. The van der Waals surface area contributed by atoms with Gasteiger partial charge in [-0.15, -0.1) is 0 Å². The van der Waals surface area contributed by atoms with Gasteiger partial charge in [0.05, 0.1) is 27.8 Å². The summed E-state index contributed by atoms with van der Waals surface area (Å²) in [5.41, 5.74) is 13.9. The molecule has 5 nitrogen and oxygen atoms in total. The first kappa shape index (κ1) is 35.5. The summed E-state index contributed by atoms with van der Waals surface area (Å²) in [5.74, 6) is 1.75. The normalized spacial score (nSPS) is 11.5. The minimum atomic E-state index is 0.550. The van der Waals surface area contributed by atoms with E-state index in [2.05, 4.69) is 221 Å². The number of nitrogens with zero attached hydrogens (tertiary/aromatic N) is 5. The van der Waals surface area contributed by atoms with Gasteiger partial charge < -0.3 is 4.57 Å². The minimum Gasteiger partial charge on any atom is -0.308 e. The van der Waals surface area contributed by atoms with Crippen LogP contribution in [-0.4, -0.2) is 24.1 Å². The predicted molar refractivity (Wildman–Crippen MR) is 256 cm³/mol. The number of rotatable bonds is 7. The second kappa shape index (κ2) is 14.7. The van der Waals surface area contributed by atoms with Crippen LogP contribution in [0.5, 0.6) is 0 Å². The molecule has 0 spiro atoms. The first-order chi connectivity index (χ1) is 30.8. The number of benzene rings is 9. The molecular formula is C57H37N5. The summed E-state index contributed by atoms with van der Waals surface area (Å²) in [6.07, 6.45) is 0. The van der Waals surface area contributed by atoms with Gasteiger partial charge in [-0.2, -0.15) is 9.97 Å². The molecule has 0 aliphatic heterocycles. The third kappa shape index (κ3) is 5.75. The van der Waals surface area contributed by atoms with Crippen LogP contribution in [0.4, 0.5) is 0 Å². The molecule has 0 saturated heterocycles. The van der Waals surface area contributed by atoms with Crippen molar-refractivity contribution in [3.8, 4) is 67.8 Å². The highest BCUT2D eigenvalue weighted by molar-refractivity contribution is 6.26. The molecule has 0 radical (unpaired) electrons. The van der Waals surface area contributed by atoms with Crippen molar-refractivity contribution < 1.29 is 0 Å². The Morgan fingerprint density at radius 3 is 1.29 bits per heavy atom. The molecule has 12 rings (SSSR count). The lowest BCUT2D eigenvalue weighted by atomic mass is 9.98. The van der Waals surface area contributed by atoms with E-state index in [0.717, 1.165) is 77.5 Å². The molecule has 0 saturated carbocycles. The zero-order valence-corrected chi connectivity index (χ0v) is 33.6. The van der Waals surface area contributed by atoms with Crippen molar-refractivity contribution in [3.63, 3.8) is 0 Å². The van der Waals surface area contributed by atoms with Crippen LogP contribution in [0.15, 0.2) is 224 Å². The Hall–Kier alpha value is -8.41. The lowest BCUT2D eigenvalue weighted by Gasteiger charge is -2.15. The van der Waals surface area contributed by atoms with Crippen molar-refractivity contribution in [2.45, 2.75) is 0 Å². The van der Waals surface area contributed by atoms with Crippen molar-refractivity contribution in [2.24, 2.45) is 0 Å². The quantitative estimate of drug-likeness (QED) is 0.162. The lowest BCUT2D eigenvalue weighted by molar-refractivity contribution is 0.954. The molecule has 0 bridgehead atoms. The SMILES string of the molecule is c1ccc(-c2ccccc2-c2nc(-c3ccccc3-c3ccccc3)nc(-n3c4ccccc4c4c3ccc3c5ccccc5n(-c5ccccc5-c5ccccc5)c34)n2)cc1. The minimum absolute atomic E-state index is 0.550. The average Bonchev–Trinajstić information content (AvgIpc) is 3.88. The Morgan fingerprint density at radius 1 is 0.274 bits per heavy atom. The number of para-hydroxylation sites is 3. The van der Waals surface area contributed by atoms with Gasteiger partial charge in [0.2, 0.25) is 5.95 Å². The summed E-state index contributed by atoms with van der Waals surface area (Å²) in [6, 6.07) is 79.1. The molecule has 0 unspecified atom stereocenters. The van der Waals surface area contributed by atoms with Crippen LogP contribution in [-0.2, 0) is 0 Å². The third-order valence-electron chi connectivity index (χ3n) is 12.0. The number of hydrogen-bond acceptors (Lipinski definition) is 3. The highest BCUT2D eigenvalue weighted by Gasteiger charge is 2.24. The molecule has 0 aliphatic rings. The van der Waals surface area contributed by atoms with E-state index in [1.165, 1.54) is 16.3 Å². The summed E-state index contributed by atoms with van der Waals surface area (Å²) < 4.78 is 4.70. The molecule has 0 N–H and O–H groups in total. The van der Waals surface area contributed by atoms with Crippen LogP contribution < -0.4 is 0 Å². The van der Waals surface area contributed by atoms with Gasteiger partial charge >= 0.3 is 0 Å². The largest absolute Gasteiger partial charge is 0.308 e. The zero-order valence-electron chi connectivity index (χ0n) is 33.6. The van der Waals surface area contributed by atoms with Crippen molar-refractivity contribution >= 4 is 43.6 Å². The van der Waals surface area contributed by atoms with E-state index in [4.69, 9.17) is 15.0 Å². The number of aromatic nitrogens is 5. The molecule has 0 fully saturated rings. The van der Waals surface area contributed by atoms with E-state index < -0.39 is 0 Å². The van der Waals surface area contributed by atoms with Crippen LogP contribution in [0.2, 0.25) is 0 Å². The van der Waals surface area contributed by atoms with Gasteiger partial charge in [-0.05, 0) is 52.1 Å². The molecule has 0 aliphatic carbocycles. The fourth-order valence-electron chi connectivity index (χ4n) is 9.31. The average molecular weight is 792 g/mol. The van der Waals surface area contributed by atoms with Crippen molar-refractivity contribution in [3.05, 3.63) is 224 Å². The molecule has 62 heavy (non-hydrogen) atoms. The van der Waals surface area contributed by atoms with Crippen LogP contribution in [0.25, 0.3) is 111 Å². The molecule has 5 heteroatoms. The second-order valence-electron chi connectivity index (χ2n) is 15.5. The molecule has 3 heterocycles. The summed E-state index contributed by atoms with van der Waals surface area (Å²) in [6.45, 7) is 0. The first-order valence-electron chi connectivity index (χ1n) is 21.0. The van der Waals surface area contributed by atoms with E-state index in [-0.39, 0.29) is 0 Å². The van der Waals surface area contributed by atoms with Crippen molar-refractivity contribution in [2.75, 3.05) is 0 Å². The Balaban J connectivity index is 1.19. The monoisotopic (exact) mass is 791 g/mol. The Kier molecular flexibility index (Phi) is 8.42. The molecule has 12 aromatic rings. The van der Waals surface area contributed by atoms with E-state index in [9.17, 15) is 0 Å². The predicted octanol–water partition coefficient (Wildman–Crippen LogP) is 14.4. The standard InChI is InChI=1S/C57H37N5/c1-4-20-38(21-5-1)41-26-10-12-30-46(41)55-58-56(47-31-13-11-27-42(47)39-22-6-2-7-23-39)60-57(59-55)62-51-35-19-16-32-48(51)53-52(62)37-36-45-44-29-15-18-34-50(44)61(54(45)53)49-33-17-14-28-43(49)40-24-8-3-9-25-40/h1-37H. The van der Waals surface area contributed by atoms with Crippen molar-refractivity contribution in [1.29, 1.82) is 0 Å². The van der Waals surface area contributed by atoms with Crippen LogP contribution in [0, 0.1) is 0 Å². The van der Waals surface area contributed by atoms with E-state index in [1.807, 2.05) is 12.1 Å². The summed E-state index contributed by atoms with van der Waals surface area (Å²) in [7, 11) is 0. The summed E-state index contributed by atoms with van der Waals surface area (Å²) >= 11 is 0. The van der Waals surface area contributed by atoms with E-state index in [1.54, 1.807) is 0 Å². The highest BCUT2D eigenvalue weighted by atomic mass is 15.2. The van der Waals surface area contributed by atoms with Crippen LogP contribution in [0.1, 0.15) is 0 Å². The maximum Gasteiger partial charge on any atom is 0.238 e. The van der Waals surface area contributed by atoms with E-state index in [0.29, 0.717) is 17.6 Å². The maximum absolute atomic E-state index is 5.45. The van der Waals surface area contributed by atoms with Crippen LogP contribution in [0.3, 0.4) is 0 Å². The topological polar surface area (TPSA) is 48.5 Å². The highest BCUT2D eigenvalue weighted by Crippen LogP contribution is 2.44. The first-order valence-corrected chi connectivity index (χ1v) is 21.0. The fraction of sp³-hybridized carbons (Fsp3) is 0. The van der Waals surface area contributed by atoms with Crippen LogP contribution >= 0.6 is 0 Å². The fourth-order valence-corrected chi connectivity index (χ4v) is 9.31. The van der Waals surface area contributed by atoms with Gasteiger partial charge in [-0.1, -0.05) is 200 Å². The second-order valence-corrected chi connectivity index (χ2v) is 15.5. The molecule has 9 aromatic carbocycles. The van der Waals surface area contributed by atoms with E-state index >= 15 is 0 Å². The van der Waals surface area contributed by atoms with Crippen molar-refractivity contribution in [1.82, 2.24) is 24.1 Å². The number of hydrogen-bond donors (Lipinski definition) is 0. The Bertz CT molecular complexity index is 3520. The van der Waals surface area contributed by atoms with Gasteiger partial charge in [0, 0.05) is 38.2 Å². The van der Waals surface area contributed by atoms with Gasteiger partial charge in [0.25, 0.3) is 0 Å². The Morgan fingerprint density at radius 2 is 0.710 bits per heavy atom. The third-order valence-corrected chi connectivity index (χ3v) is 12.0. The van der Waals surface area contributed by atoms with Gasteiger partial charge in [0.15, 0.2) is 11.6 Å². The summed E-state index contributed by atoms with van der Waals surface area (Å²) in [4.78, 5) is 16.3. The summed E-state index contributed by atoms with van der Waals surface area (Å²) in [5, 5.41) is 4.63. The van der Waals surface area contributed by atoms with Gasteiger partial charge in [-0.3, -0.25) is 4.57 Å². The maximum atomic E-state index is 5.45. The number of fused-ring (bicyclic) bond motifs is 7.